The van der Waals surface area contributed by atoms with Gasteiger partial charge in [-0.2, -0.15) is 0 Å². The van der Waals surface area contributed by atoms with Crippen molar-refractivity contribution in [1.82, 2.24) is 4.90 Å². The van der Waals surface area contributed by atoms with Crippen LogP contribution < -0.4 is 0 Å². The highest BCUT2D eigenvalue weighted by Crippen LogP contribution is 2.41. The zero-order valence-corrected chi connectivity index (χ0v) is 36.2. The zero-order valence-electron chi connectivity index (χ0n) is 36.2. The van der Waals surface area contributed by atoms with Crippen LogP contribution in [-0.4, -0.2) is 149 Å². The van der Waals surface area contributed by atoms with Gasteiger partial charge in [-0.1, -0.05) is 34.6 Å². The van der Waals surface area contributed by atoms with E-state index in [0.717, 1.165) is 0 Å². The Bertz CT molecular complexity index is 1310. The number of methoxy groups -OCH3 is 1. The predicted octanol–water partition coefficient (Wildman–Crippen LogP) is 3.14. The highest BCUT2D eigenvalue weighted by Gasteiger charge is 2.54. The number of aliphatic hydroxyl groups is 4. The molecule has 0 unspecified atom stereocenters. The molecule has 0 aromatic rings. The molecule has 3 saturated heterocycles. The van der Waals surface area contributed by atoms with Gasteiger partial charge < -0.3 is 58.5 Å². The van der Waals surface area contributed by atoms with Crippen LogP contribution in [0.5, 0.6) is 0 Å². The van der Waals surface area contributed by atoms with Crippen molar-refractivity contribution in [2.75, 3.05) is 21.2 Å². The first-order valence-corrected chi connectivity index (χ1v) is 20.4. The Morgan fingerprint density at radius 2 is 1.52 bits per heavy atom. The summed E-state index contributed by atoms with van der Waals surface area (Å²) in [5.74, 6) is -5.55. The van der Waals surface area contributed by atoms with E-state index in [1.807, 2.05) is 32.8 Å². The number of esters is 2. The number of likely N-dealkylation sites (N-methyl/N-ethyl adjacent to an activating group) is 1. The number of cyclic esters (lactones) is 1. The maximum absolute atomic E-state index is 14.2. The van der Waals surface area contributed by atoms with Crippen LogP contribution in [0.15, 0.2) is 0 Å². The standard InChI is InChI=1S/C41H73NO14/c1-15-17-29(43)54-33-27(42(12)13)18-22(4)51-38(33)56-36-24(6)32(55-30-20-40(10,50-14)35(46)26(8)52-30)25(7)37(47)53-28(16-2)41(11,49)34(45)23(5)31(44)21(3)19-39(36,9)48/h21-28,30,32-36,38,45-46,48-49H,15-20H2,1-14H3/t21-,22-,23+,24+,25-,26+,27+,28-,30+,32+,33-,34-,35+,36-,38+,39-,40-,41-/m1/s1. The molecule has 3 rings (SSSR count). The lowest BCUT2D eigenvalue weighted by Crippen LogP contribution is -2.61. The quantitative estimate of drug-likeness (QED) is 0.235. The molecular formula is C41H73NO14. The van der Waals surface area contributed by atoms with Crippen molar-refractivity contribution in [1.29, 1.82) is 0 Å². The number of carbonyl (C=O) groups is 3. The Hall–Kier alpha value is -1.79. The van der Waals surface area contributed by atoms with Crippen LogP contribution in [0.25, 0.3) is 0 Å². The molecule has 0 aliphatic carbocycles. The summed E-state index contributed by atoms with van der Waals surface area (Å²) in [7, 11) is 5.23. The first kappa shape index (κ1) is 48.6. The van der Waals surface area contributed by atoms with Gasteiger partial charge in [0, 0.05) is 37.7 Å². The van der Waals surface area contributed by atoms with Crippen molar-refractivity contribution in [2.45, 2.75) is 199 Å². The van der Waals surface area contributed by atoms with Gasteiger partial charge in [0.05, 0.1) is 53.7 Å². The number of hydrogen-bond donors (Lipinski definition) is 4. The summed E-state index contributed by atoms with van der Waals surface area (Å²) in [6, 6.07) is -0.318. The lowest BCUT2D eigenvalue weighted by molar-refractivity contribution is -0.319. The summed E-state index contributed by atoms with van der Waals surface area (Å²) in [5, 5.41) is 46.7. The van der Waals surface area contributed by atoms with Gasteiger partial charge in [-0.15, -0.1) is 0 Å². The van der Waals surface area contributed by atoms with Crippen molar-refractivity contribution in [3.8, 4) is 0 Å². The lowest BCUT2D eigenvalue weighted by Gasteiger charge is -2.49. The number of aliphatic hydroxyl groups excluding tert-OH is 2. The minimum absolute atomic E-state index is 0.0764. The molecule has 18 atom stereocenters. The van der Waals surface area contributed by atoms with Crippen LogP contribution in [0.1, 0.15) is 115 Å². The zero-order chi connectivity index (χ0) is 42.7. The van der Waals surface area contributed by atoms with E-state index in [0.29, 0.717) is 12.8 Å². The van der Waals surface area contributed by atoms with Gasteiger partial charge in [0.2, 0.25) is 0 Å². The van der Waals surface area contributed by atoms with E-state index in [2.05, 4.69) is 0 Å². The fraction of sp³-hybridized carbons (Fsp3) is 0.927. The van der Waals surface area contributed by atoms with Crippen molar-refractivity contribution >= 4 is 17.7 Å². The summed E-state index contributed by atoms with van der Waals surface area (Å²) in [6.07, 6.45) is -9.04. The monoisotopic (exact) mass is 804 g/mol. The third-order valence-electron chi connectivity index (χ3n) is 12.5. The third kappa shape index (κ3) is 10.9. The van der Waals surface area contributed by atoms with Crippen LogP contribution in [0.3, 0.4) is 0 Å². The van der Waals surface area contributed by atoms with Crippen LogP contribution in [0.4, 0.5) is 0 Å². The first-order chi connectivity index (χ1) is 25.9. The second-order valence-electron chi connectivity index (χ2n) is 17.7. The molecule has 15 heteroatoms. The number of Topliss-reactive ketones (excluding diaryl/α,β-unsaturated/α-hetero) is 1. The Morgan fingerprint density at radius 1 is 0.893 bits per heavy atom. The van der Waals surface area contributed by atoms with E-state index in [9.17, 15) is 34.8 Å². The van der Waals surface area contributed by atoms with E-state index in [4.69, 9.17) is 33.2 Å². The minimum atomic E-state index is -2.01. The number of rotatable bonds is 10. The summed E-state index contributed by atoms with van der Waals surface area (Å²) in [5.41, 5.74) is -4.92. The molecule has 4 N–H and O–H groups in total. The van der Waals surface area contributed by atoms with Gasteiger partial charge in [0.15, 0.2) is 18.7 Å². The predicted molar refractivity (Wildman–Crippen MR) is 205 cm³/mol. The van der Waals surface area contributed by atoms with E-state index >= 15 is 0 Å². The molecule has 0 radical (unpaired) electrons. The molecule has 0 aromatic heterocycles. The van der Waals surface area contributed by atoms with Crippen molar-refractivity contribution in [3.05, 3.63) is 0 Å². The van der Waals surface area contributed by atoms with Gasteiger partial charge >= 0.3 is 11.9 Å². The summed E-state index contributed by atoms with van der Waals surface area (Å²) >= 11 is 0. The summed E-state index contributed by atoms with van der Waals surface area (Å²) in [6.45, 7) is 18.2. The van der Waals surface area contributed by atoms with Gasteiger partial charge in [0.1, 0.15) is 23.6 Å². The molecular weight excluding hydrogens is 730 g/mol. The Morgan fingerprint density at radius 3 is 2.07 bits per heavy atom. The molecule has 3 heterocycles. The Labute approximate surface area is 334 Å². The molecule has 0 saturated carbocycles. The molecule has 0 spiro atoms. The van der Waals surface area contributed by atoms with Crippen LogP contribution >= 0.6 is 0 Å². The number of hydrogen-bond acceptors (Lipinski definition) is 15. The average Bonchev–Trinajstić information content (AvgIpc) is 3.12. The van der Waals surface area contributed by atoms with Crippen LogP contribution in [-0.2, 0) is 47.5 Å². The second-order valence-corrected chi connectivity index (χ2v) is 17.7. The van der Waals surface area contributed by atoms with Crippen LogP contribution in [0.2, 0.25) is 0 Å². The van der Waals surface area contributed by atoms with Crippen molar-refractivity contribution in [2.24, 2.45) is 23.7 Å². The number of carbonyl (C=O) groups excluding carboxylic acids is 3. The number of nitrogens with zero attached hydrogens (tertiary/aromatic N) is 1. The molecule has 0 bridgehead atoms. The third-order valence-corrected chi connectivity index (χ3v) is 12.5. The highest BCUT2D eigenvalue weighted by atomic mass is 16.7. The van der Waals surface area contributed by atoms with Gasteiger partial charge in [0.25, 0.3) is 0 Å². The molecule has 15 nitrogen and oxygen atoms in total. The highest BCUT2D eigenvalue weighted by molar-refractivity contribution is 5.83. The number of ketones is 1. The molecule has 0 amide bonds. The molecule has 56 heavy (non-hydrogen) atoms. The minimum Gasteiger partial charge on any atom is -0.459 e. The molecule has 3 aliphatic heterocycles. The molecule has 3 fully saturated rings. The maximum Gasteiger partial charge on any atom is 0.311 e. The normalized spacial score (nSPS) is 46.2. The van der Waals surface area contributed by atoms with Gasteiger partial charge in [-0.25, -0.2) is 0 Å². The maximum atomic E-state index is 14.2. The van der Waals surface area contributed by atoms with E-state index < -0.39 is 114 Å². The fourth-order valence-corrected chi connectivity index (χ4v) is 8.94. The largest absolute Gasteiger partial charge is 0.459 e. The first-order valence-electron chi connectivity index (χ1n) is 20.4. The second kappa shape index (κ2) is 19.5. The van der Waals surface area contributed by atoms with Gasteiger partial charge in [-0.3, -0.25) is 14.4 Å². The molecule has 0 aromatic carbocycles. The average molecular weight is 804 g/mol. The lowest BCUT2D eigenvalue weighted by atomic mass is 9.74. The molecule has 3 aliphatic rings. The fourth-order valence-electron chi connectivity index (χ4n) is 8.94. The van der Waals surface area contributed by atoms with Gasteiger partial charge in [-0.05, 0) is 81.3 Å². The Balaban J connectivity index is 2.24. The number of ether oxygens (including phenoxy) is 7. The SMILES string of the molecule is CCCC(=O)O[C@H]1[C@H](O[C@@H]2[C@@H](C)[C@H](O[C@H]3C[C@@](C)(OC)[C@@H](O)[C@H](C)O3)[C@@H](C)C(=O)O[C@H](CC)[C@@](C)(O)[C@H](O)[C@@H](C)C(=O)[C@H](C)C[C@@]2(C)O)O[C@H](C)C[C@@H]1N(C)C. The van der Waals surface area contributed by atoms with Crippen molar-refractivity contribution < 1.29 is 68.0 Å². The van der Waals surface area contributed by atoms with Crippen molar-refractivity contribution in [3.63, 3.8) is 0 Å². The topological polar surface area (TPSA) is 200 Å². The van der Waals surface area contributed by atoms with E-state index in [1.165, 1.54) is 27.9 Å². The molecule has 326 valence electrons. The summed E-state index contributed by atoms with van der Waals surface area (Å²) in [4.78, 5) is 43.2. The Kier molecular flexibility index (Phi) is 16.9. The van der Waals surface area contributed by atoms with Crippen LogP contribution in [0, 0.1) is 23.7 Å². The van der Waals surface area contributed by atoms with E-state index in [-0.39, 0.29) is 37.8 Å². The van der Waals surface area contributed by atoms with E-state index in [1.54, 1.807) is 41.5 Å². The smallest absolute Gasteiger partial charge is 0.311 e. The summed E-state index contributed by atoms with van der Waals surface area (Å²) < 4.78 is 43.8.